The predicted molar refractivity (Wildman–Crippen MR) is 89.2 cm³/mol. The van der Waals surface area contributed by atoms with Crippen molar-refractivity contribution >= 4 is 17.6 Å². The highest BCUT2D eigenvalue weighted by Crippen LogP contribution is 2.36. The van der Waals surface area contributed by atoms with Crippen LogP contribution in [0.4, 0.5) is 18.9 Å². The summed E-state index contributed by atoms with van der Waals surface area (Å²) in [6.45, 7) is 0.0198. The normalized spacial score (nSPS) is 11.7. The standard InChI is InChI=1S/C18H14F3NO5/c19-18(20,21)12-6-7-15(27-10-11-4-2-1-3-5-11)13(8-12)22-14(17(25)26)9-16(23)24/h1-9,22H,10H2,(H,23,24)(H,25,26)/b14-9-. The van der Waals surface area contributed by atoms with Crippen LogP contribution >= 0.6 is 0 Å². The number of carboxylic acids is 2. The molecule has 0 amide bonds. The van der Waals surface area contributed by atoms with Crippen LogP contribution in [-0.2, 0) is 22.4 Å². The third kappa shape index (κ3) is 5.77. The van der Waals surface area contributed by atoms with Crippen molar-refractivity contribution in [3.63, 3.8) is 0 Å². The summed E-state index contributed by atoms with van der Waals surface area (Å²) in [6.07, 6.45) is -4.34. The monoisotopic (exact) mass is 381 g/mol. The van der Waals surface area contributed by atoms with Gasteiger partial charge in [-0.3, -0.25) is 0 Å². The second-order valence-electron chi connectivity index (χ2n) is 5.31. The molecule has 0 aliphatic heterocycles. The first-order valence-electron chi connectivity index (χ1n) is 7.49. The van der Waals surface area contributed by atoms with Crippen molar-refractivity contribution in [2.24, 2.45) is 0 Å². The molecule has 0 heterocycles. The van der Waals surface area contributed by atoms with Crippen molar-refractivity contribution < 1.29 is 37.7 Å². The van der Waals surface area contributed by atoms with Crippen molar-refractivity contribution in [2.45, 2.75) is 12.8 Å². The average Bonchev–Trinajstić information content (AvgIpc) is 2.59. The fraction of sp³-hybridized carbons (Fsp3) is 0.111. The molecule has 9 heteroatoms. The molecule has 0 unspecified atom stereocenters. The van der Waals surface area contributed by atoms with Crippen molar-refractivity contribution in [1.82, 2.24) is 0 Å². The number of hydrogen-bond donors (Lipinski definition) is 3. The number of hydrogen-bond acceptors (Lipinski definition) is 4. The van der Waals surface area contributed by atoms with E-state index in [1.807, 2.05) is 0 Å². The minimum atomic E-state index is -4.67. The molecule has 2 rings (SSSR count). The summed E-state index contributed by atoms with van der Waals surface area (Å²) in [6, 6.07) is 11.2. The molecular formula is C18H14F3NO5. The molecule has 0 aromatic heterocycles. The number of benzene rings is 2. The number of carboxylic acid groups (broad SMARTS) is 2. The number of alkyl halides is 3. The molecule has 0 fully saturated rings. The van der Waals surface area contributed by atoms with Crippen LogP contribution in [0.5, 0.6) is 5.75 Å². The molecule has 0 aliphatic rings. The number of ether oxygens (including phenoxy) is 1. The van der Waals surface area contributed by atoms with Gasteiger partial charge >= 0.3 is 18.1 Å². The van der Waals surface area contributed by atoms with Crippen molar-refractivity contribution in [1.29, 1.82) is 0 Å². The predicted octanol–water partition coefficient (Wildman–Crippen LogP) is 3.75. The Morgan fingerprint density at radius 3 is 2.30 bits per heavy atom. The maximum Gasteiger partial charge on any atom is 0.416 e. The van der Waals surface area contributed by atoms with Crippen LogP contribution in [0, 0.1) is 0 Å². The molecule has 0 atom stereocenters. The summed E-state index contributed by atoms with van der Waals surface area (Å²) in [4.78, 5) is 21.9. The van der Waals surface area contributed by atoms with Crippen molar-refractivity contribution in [3.05, 3.63) is 71.4 Å². The molecule has 2 aromatic rings. The van der Waals surface area contributed by atoms with E-state index in [-0.39, 0.29) is 18.0 Å². The number of halogens is 3. The summed E-state index contributed by atoms with van der Waals surface area (Å²) in [5.41, 5.74) is -1.44. The van der Waals surface area contributed by atoms with E-state index < -0.39 is 29.4 Å². The Kier molecular flexibility index (Phi) is 6.07. The second-order valence-corrected chi connectivity index (χ2v) is 5.31. The van der Waals surface area contributed by atoms with Gasteiger partial charge in [-0.2, -0.15) is 13.2 Å². The van der Waals surface area contributed by atoms with Gasteiger partial charge < -0.3 is 20.3 Å². The molecule has 0 spiro atoms. The third-order valence-corrected chi connectivity index (χ3v) is 3.31. The Hall–Kier alpha value is -3.49. The summed E-state index contributed by atoms with van der Waals surface area (Å²) in [5.74, 6) is -3.29. The molecule has 0 saturated carbocycles. The van der Waals surface area contributed by atoms with Gasteiger partial charge in [-0.15, -0.1) is 0 Å². The maximum atomic E-state index is 13.0. The molecule has 0 radical (unpaired) electrons. The summed E-state index contributed by atoms with van der Waals surface area (Å²) in [5, 5.41) is 20.0. The summed E-state index contributed by atoms with van der Waals surface area (Å²) >= 11 is 0. The number of anilines is 1. The molecule has 3 N–H and O–H groups in total. The summed E-state index contributed by atoms with van der Waals surface area (Å²) < 4.78 is 44.4. The SMILES string of the molecule is O=C(O)/C=C(\Nc1cc(C(F)(F)F)ccc1OCc1ccccc1)C(=O)O. The molecule has 2 aromatic carbocycles. The number of carbonyl (C=O) groups is 2. The molecule has 6 nitrogen and oxygen atoms in total. The van der Waals surface area contributed by atoms with Crippen LogP contribution in [0.15, 0.2) is 60.3 Å². The minimum Gasteiger partial charge on any atom is -0.487 e. The van der Waals surface area contributed by atoms with Gasteiger partial charge in [-0.25, -0.2) is 9.59 Å². The van der Waals surface area contributed by atoms with E-state index in [1.165, 1.54) is 0 Å². The molecule has 0 aliphatic carbocycles. The van der Waals surface area contributed by atoms with Crippen LogP contribution in [0.2, 0.25) is 0 Å². The lowest BCUT2D eigenvalue weighted by Crippen LogP contribution is -2.14. The molecule has 27 heavy (non-hydrogen) atoms. The second kappa shape index (κ2) is 8.26. The van der Waals surface area contributed by atoms with Gasteiger partial charge in [0.1, 0.15) is 18.1 Å². The van der Waals surface area contributed by atoms with Gasteiger partial charge in [0.15, 0.2) is 0 Å². The van der Waals surface area contributed by atoms with Gasteiger partial charge in [-0.1, -0.05) is 30.3 Å². The van der Waals surface area contributed by atoms with Gasteiger partial charge in [0, 0.05) is 0 Å². The molecular weight excluding hydrogens is 367 g/mol. The smallest absolute Gasteiger partial charge is 0.416 e. The maximum absolute atomic E-state index is 13.0. The molecule has 142 valence electrons. The van der Waals surface area contributed by atoms with E-state index in [1.54, 1.807) is 30.3 Å². The Morgan fingerprint density at radius 2 is 1.74 bits per heavy atom. The summed E-state index contributed by atoms with van der Waals surface area (Å²) in [7, 11) is 0. The topological polar surface area (TPSA) is 95.9 Å². The first-order chi connectivity index (χ1) is 12.7. The van der Waals surface area contributed by atoms with E-state index in [4.69, 9.17) is 14.9 Å². The minimum absolute atomic E-state index is 0.0198. The van der Waals surface area contributed by atoms with Crippen LogP contribution < -0.4 is 10.1 Å². The van der Waals surface area contributed by atoms with Gasteiger partial charge in [0.25, 0.3) is 0 Å². The zero-order valence-corrected chi connectivity index (χ0v) is 13.7. The fourth-order valence-electron chi connectivity index (χ4n) is 2.09. The third-order valence-electron chi connectivity index (χ3n) is 3.31. The van der Waals surface area contributed by atoms with E-state index in [0.717, 1.165) is 17.7 Å². The number of nitrogens with one attached hydrogen (secondary N) is 1. The highest BCUT2D eigenvalue weighted by atomic mass is 19.4. The van der Waals surface area contributed by atoms with Gasteiger partial charge in [0.05, 0.1) is 17.3 Å². The molecule has 0 bridgehead atoms. The van der Waals surface area contributed by atoms with E-state index in [2.05, 4.69) is 5.32 Å². The zero-order valence-electron chi connectivity index (χ0n) is 13.7. The van der Waals surface area contributed by atoms with Crippen LogP contribution in [-0.4, -0.2) is 22.2 Å². The lowest BCUT2D eigenvalue weighted by atomic mass is 10.1. The fourth-order valence-corrected chi connectivity index (χ4v) is 2.09. The van der Waals surface area contributed by atoms with Gasteiger partial charge in [0.2, 0.25) is 0 Å². The number of aliphatic carboxylic acids is 2. The Morgan fingerprint density at radius 1 is 1.07 bits per heavy atom. The lowest BCUT2D eigenvalue weighted by molar-refractivity contribution is -0.137. The average molecular weight is 381 g/mol. The Labute approximate surface area is 151 Å². The molecule has 0 saturated heterocycles. The van der Waals surface area contributed by atoms with E-state index in [0.29, 0.717) is 12.1 Å². The Balaban J connectivity index is 2.37. The quantitative estimate of drug-likeness (QED) is 0.632. The van der Waals surface area contributed by atoms with Crippen molar-refractivity contribution in [3.8, 4) is 5.75 Å². The van der Waals surface area contributed by atoms with Crippen LogP contribution in [0.25, 0.3) is 0 Å². The van der Waals surface area contributed by atoms with E-state index in [9.17, 15) is 22.8 Å². The van der Waals surface area contributed by atoms with E-state index >= 15 is 0 Å². The lowest BCUT2D eigenvalue weighted by Gasteiger charge is -2.16. The number of rotatable bonds is 7. The zero-order chi connectivity index (χ0) is 20.0. The highest BCUT2D eigenvalue weighted by molar-refractivity contribution is 5.97. The first-order valence-corrected chi connectivity index (χ1v) is 7.49. The van der Waals surface area contributed by atoms with Crippen LogP contribution in [0.3, 0.4) is 0 Å². The largest absolute Gasteiger partial charge is 0.487 e. The van der Waals surface area contributed by atoms with Crippen LogP contribution in [0.1, 0.15) is 11.1 Å². The highest BCUT2D eigenvalue weighted by Gasteiger charge is 2.31. The first kappa shape index (κ1) is 19.8. The van der Waals surface area contributed by atoms with Gasteiger partial charge in [-0.05, 0) is 23.8 Å². The Bertz CT molecular complexity index is 863. The van der Waals surface area contributed by atoms with Crippen molar-refractivity contribution in [2.75, 3.05) is 5.32 Å².